The number of nitrogens with one attached hydrogen (secondary N) is 1. The predicted molar refractivity (Wildman–Crippen MR) is 183 cm³/mol. The van der Waals surface area contributed by atoms with Gasteiger partial charge >= 0.3 is 24.5 Å². The number of carboxylic acids is 1. The SMILES string of the molecule is Cn1c(=O)c([C@@H]2CCc3c(C[C@H](NC(=O)C4(C(F)(F)F)CCN(CC(F)(F)F)CC4)C(=O)O)cccc32)c(C(F)(F)F)c2cc(CN3CCCCC3)ccc21. The van der Waals surface area contributed by atoms with E-state index in [0.29, 0.717) is 23.2 Å². The Morgan fingerprint density at radius 2 is 1.60 bits per heavy atom. The number of halogens is 9. The lowest BCUT2D eigenvalue weighted by molar-refractivity contribution is -0.236. The smallest absolute Gasteiger partial charge is 0.417 e. The number of nitrogens with zero attached hydrogens (tertiary/aromatic N) is 3. The zero-order valence-corrected chi connectivity index (χ0v) is 29.9. The van der Waals surface area contributed by atoms with E-state index in [2.05, 4.69) is 4.90 Å². The van der Waals surface area contributed by atoms with Crippen molar-refractivity contribution in [3.63, 3.8) is 0 Å². The molecule has 0 unspecified atom stereocenters. The second kappa shape index (κ2) is 15.1. The molecule has 17 heteroatoms. The molecule has 0 spiro atoms. The highest BCUT2D eigenvalue weighted by Crippen LogP contribution is 2.48. The highest BCUT2D eigenvalue weighted by atomic mass is 19.4. The molecule has 3 heterocycles. The molecule has 2 N–H and O–H groups in total. The number of alkyl halides is 9. The second-order valence-electron chi connectivity index (χ2n) is 15.0. The van der Waals surface area contributed by atoms with E-state index in [4.69, 9.17) is 0 Å². The zero-order valence-electron chi connectivity index (χ0n) is 29.9. The average molecular weight is 789 g/mol. The molecule has 1 aliphatic carbocycles. The number of amides is 1. The first-order chi connectivity index (χ1) is 25.7. The van der Waals surface area contributed by atoms with Gasteiger partial charge in [0, 0.05) is 36.9 Å². The molecule has 8 nitrogen and oxygen atoms in total. The Bertz CT molecular complexity index is 1990. The molecule has 2 aromatic carbocycles. The molecular weight excluding hydrogens is 747 g/mol. The number of rotatable bonds is 9. The van der Waals surface area contributed by atoms with E-state index in [1.54, 1.807) is 6.07 Å². The fraction of sp³-hybridized carbons (Fsp3) is 0.553. The summed E-state index contributed by atoms with van der Waals surface area (Å²) in [5, 5.41) is 11.9. The van der Waals surface area contributed by atoms with Crippen LogP contribution in [-0.2, 0) is 42.2 Å². The molecule has 1 amide bonds. The van der Waals surface area contributed by atoms with Crippen LogP contribution in [0.25, 0.3) is 10.9 Å². The number of carboxylic acid groups (broad SMARTS) is 1. The van der Waals surface area contributed by atoms with E-state index >= 15 is 13.2 Å². The average Bonchev–Trinajstić information content (AvgIpc) is 3.53. The molecule has 3 aromatic rings. The molecule has 2 atom stereocenters. The first kappa shape index (κ1) is 40.5. The summed E-state index contributed by atoms with van der Waals surface area (Å²) in [5.74, 6) is -4.41. The molecule has 2 saturated heterocycles. The first-order valence-corrected chi connectivity index (χ1v) is 18.2. The lowest BCUT2D eigenvalue weighted by Gasteiger charge is -2.42. The van der Waals surface area contributed by atoms with Gasteiger partial charge < -0.3 is 15.0 Å². The Hall–Kier alpha value is -4.12. The maximum Gasteiger partial charge on any atom is 0.417 e. The van der Waals surface area contributed by atoms with Crippen molar-refractivity contribution in [2.75, 3.05) is 32.7 Å². The van der Waals surface area contributed by atoms with E-state index in [-0.39, 0.29) is 29.3 Å². The lowest BCUT2D eigenvalue weighted by Crippen LogP contribution is -2.59. The number of aliphatic carboxylic acids is 1. The van der Waals surface area contributed by atoms with Crippen molar-refractivity contribution in [2.24, 2.45) is 12.5 Å². The van der Waals surface area contributed by atoms with Crippen LogP contribution < -0.4 is 10.9 Å². The zero-order chi connectivity index (χ0) is 40.1. The minimum atomic E-state index is -5.21. The summed E-state index contributed by atoms with van der Waals surface area (Å²) in [5.41, 5.74) is -3.70. The number of aryl methyl sites for hydroxylation is 1. The van der Waals surface area contributed by atoms with Gasteiger partial charge in [-0.2, -0.15) is 39.5 Å². The summed E-state index contributed by atoms with van der Waals surface area (Å²) < 4.78 is 129. The van der Waals surface area contributed by atoms with E-state index in [1.165, 1.54) is 41.9 Å². The van der Waals surface area contributed by atoms with Gasteiger partial charge in [-0.25, -0.2) is 4.79 Å². The fourth-order valence-corrected chi connectivity index (χ4v) is 8.64. The molecule has 0 saturated carbocycles. The first-order valence-electron chi connectivity index (χ1n) is 18.2. The predicted octanol–water partition coefficient (Wildman–Crippen LogP) is 6.94. The minimum Gasteiger partial charge on any atom is -0.480 e. The number of pyridine rings is 1. The van der Waals surface area contributed by atoms with Gasteiger partial charge in [0.25, 0.3) is 5.56 Å². The van der Waals surface area contributed by atoms with Gasteiger partial charge in [0.05, 0.1) is 17.6 Å². The highest BCUT2D eigenvalue weighted by Gasteiger charge is 2.61. The third-order valence-corrected chi connectivity index (χ3v) is 11.5. The van der Waals surface area contributed by atoms with Crippen LogP contribution in [-0.4, -0.2) is 82.5 Å². The van der Waals surface area contributed by atoms with Gasteiger partial charge in [0.15, 0.2) is 0 Å². The number of carbonyl (C=O) groups excluding carboxylic acids is 1. The van der Waals surface area contributed by atoms with Gasteiger partial charge in [-0.05, 0) is 99.1 Å². The molecule has 6 rings (SSSR count). The Labute approximate surface area is 310 Å². The molecule has 1 aromatic heterocycles. The van der Waals surface area contributed by atoms with Crippen LogP contribution in [0, 0.1) is 5.41 Å². The molecular formula is C38H41F9N4O4. The van der Waals surface area contributed by atoms with E-state index < -0.39 is 103 Å². The van der Waals surface area contributed by atoms with Crippen LogP contribution in [0.1, 0.15) is 77.8 Å². The monoisotopic (exact) mass is 788 g/mol. The summed E-state index contributed by atoms with van der Waals surface area (Å²) in [6, 6.07) is 7.27. The van der Waals surface area contributed by atoms with Crippen molar-refractivity contribution in [2.45, 2.75) is 88.4 Å². The Morgan fingerprint density at radius 3 is 2.20 bits per heavy atom. The normalized spacial score (nSPS) is 20.4. The Morgan fingerprint density at radius 1 is 0.927 bits per heavy atom. The molecule has 55 heavy (non-hydrogen) atoms. The van der Waals surface area contributed by atoms with Gasteiger partial charge in [0.1, 0.15) is 11.5 Å². The largest absolute Gasteiger partial charge is 0.480 e. The topological polar surface area (TPSA) is 94.9 Å². The van der Waals surface area contributed by atoms with Crippen LogP contribution in [0.2, 0.25) is 0 Å². The third kappa shape index (κ3) is 8.23. The van der Waals surface area contributed by atoms with E-state index in [0.717, 1.165) is 37.3 Å². The third-order valence-electron chi connectivity index (χ3n) is 11.5. The molecule has 300 valence electrons. The van der Waals surface area contributed by atoms with Gasteiger partial charge in [0.2, 0.25) is 5.91 Å². The fourth-order valence-electron chi connectivity index (χ4n) is 8.64. The molecule has 3 aliphatic rings. The van der Waals surface area contributed by atoms with Gasteiger partial charge in [-0.1, -0.05) is 30.7 Å². The Balaban J connectivity index is 1.31. The van der Waals surface area contributed by atoms with Crippen LogP contribution in [0.3, 0.4) is 0 Å². The molecule has 2 fully saturated rings. The van der Waals surface area contributed by atoms with Gasteiger partial charge in [-0.3, -0.25) is 19.4 Å². The molecule has 2 aliphatic heterocycles. The number of benzene rings is 2. The van der Waals surface area contributed by atoms with Crippen LogP contribution >= 0.6 is 0 Å². The summed E-state index contributed by atoms with van der Waals surface area (Å²) in [7, 11) is 1.40. The number of hydrogen-bond acceptors (Lipinski definition) is 5. The van der Waals surface area contributed by atoms with Crippen LogP contribution in [0.15, 0.2) is 41.2 Å². The summed E-state index contributed by atoms with van der Waals surface area (Å²) in [4.78, 5) is 42.5. The second-order valence-corrected chi connectivity index (χ2v) is 15.0. The summed E-state index contributed by atoms with van der Waals surface area (Å²) >= 11 is 0. The number of aromatic nitrogens is 1. The number of likely N-dealkylation sites (tertiary alicyclic amines) is 2. The molecule has 0 bridgehead atoms. The van der Waals surface area contributed by atoms with Crippen molar-refractivity contribution < 1.29 is 54.2 Å². The summed E-state index contributed by atoms with van der Waals surface area (Å²) in [6.45, 7) is -0.774. The number of fused-ring (bicyclic) bond motifs is 2. The standard InChI is InChI=1S/C38H41F9N4O4/c1-49-29-11-8-22(20-50-14-3-2-4-15-50)18-27(29)31(37(42,43)44)30(32(49)52)26-10-9-24-23(6-5-7-25(24)26)19-28(33(53)54)48-34(55)35(38(45,46)47)12-16-51(17-13-35)21-36(39,40)41/h5-8,11,18,26,28H,2-4,9-10,12-17,19-21H2,1H3,(H,48,55)(H,53,54)/t26-,28+/m1/s1. The maximum atomic E-state index is 15.1. The van der Waals surface area contributed by atoms with Crippen molar-refractivity contribution >= 4 is 22.8 Å². The van der Waals surface area contributed by atoms with Crippen molar-refractivity contribution in [1.82, 2.24) is 19.7 Å². The quantitative estimate of drug-likeness (QED) is 0.229. The maximum absolute atomic E-state index is 15.1. The lowest BCUT2D eigenvalue weighted by atomic mass is 9.76. The van der Waals surface area contributed by atoms with Crippen molar-refractivity contribution in [3.8, 4) is 0 Å². The van der Waals surface area contributed by atoms with Gasteiger partial charge in [-0.15, -0.1) is 0 Å². The van der Waals surface area contributed by atoms with Crippen molar-refractivity contribution in [1.29, 1.82) is 0 Å². The molecule has 0 radical (unpaired) electrons. The number of carbonyl (C=O) groups is 2. The van der Waals surface area contributed by atoms with E-state index in [9.17, 15) is 45.8 Å². The Kier molecular flexibility index (Phi) is 11.1. The van der Waals surface area contributed by atoms with Crippen LogP contribution in [0.5, 0.6) is 0 Å². The highest BCUT2D eigenvalue weighted by molar-refractivity contribution is 5.88. The number of hydrogen-bond donors (Lipinski definition) is 2. The van der Waals surface area contributed by atoms with Crippen LogP contribution in [0.4, 0.5) is 39.5 Å². The number of piperidine rings is 2. The summed E-state index contributed by atoms with van der Waals surface area (Å²) in [6.07, 6.45) is -14.1. The van der Waals surface area contributed by atoms with E-state index in [1.807, 2.05) is 5.32 Å². The minimum absolute atomic E-state index is 0.0549. The van der Waals surface area contributed by atoms with Crippen molar-refractivity contribution in [3.05, 3.63) is 80.1 Å².